The predicted molar refractivity (Wildman–Crippen MR) is 95.7 cm³/mol. The molecule has 0 aromatic heterocycles. The van der Waals surface area contributed by atoms with E-state index in [1.165, 1.54) is 25.7 Å². The molecule has 7 heteroatoms. The van der Waals surface area contributed by atoms with Gasteiger partial charge in [-0.25, -0.2) is 8.42 Å². The van der Waals surface area contributed by atoms with Gasteiger partial charge in [-0.15, -0.1) is 0 Å². The second-order valence-electron chi connectivity index (χ2n) is 7.39. The molecular formula is C16H32N4O2S. The Bertz CT molecular complexity index is 524. The molecule has 1 N–H and O–H groups in total. The molecule has 1 saturated carbocycles. The highest BCUT2D eigenvalue weighted by Crippen LogP contribution is 2.24. The predicted octanol–water partition coefficient (Wildman–Crippen LogP) is 0.945. The van der Waals surface area contributed by atoms with E-state index in [-0.39, 0.29) is 5.75 Å². The zero-order valence-electron chi connectivity index (χ0n) is 15.0. The maximum Gasteiger partial charge on any atom is 0.193 e. The summed E-state index contributed by atoms with van der Waals surface area (Å²) in [6.07, 6.45) is 5.32. The molecule has 23 heavy (non-hydrogen) atoms. The average molecular weight is 345 g/mol. The van der Waals surface area contributed by atoms with Gasteiger partial charge in [-0.05, 0) is 33.7 Å². The van der Waals surface area contributed by atoms with Gasteiger partial charge in [0.05, 0.1) is 10.5 Å². The van der Waals surface area contributed by atoms with Crippen LogP contribution in [0, 0.1) is 0 Å². The molecule has 0 aromatic rings. The molecule has 2 rings (SSSR count). The van der Waals surface area contributed by atoms with Gasteiger partial charge in [-0.2, -0.15) is 0 Å². The number of hydrogen-bond acceptors (Lipinski definition) is 4. The second kappa shape index (κ2) is 7.38. The molecule has 0 atom stereocenters. The molecule has 0 amide bonds. The molecule has 2 fully saturated rings. The molecule has 0 aromatic carbocycles. The van der Waals surface area contributed by atoms with E-state index in [1.54, 1.807) is 20.9 Å². The SMILES string of the molecule is CN=C(NCCN(C)C1CCCC1)N1CCS(=O)(=O)C(C)(C)C1. The molecule has 1 aliphatic carbocycles. The highest BCUT2D eigenvalue weighted by atomic mass is 32.2. The van der Waals surface area contributed by atoms with E-state index in [9.17, 15) is 8.42 Å². The standard InChI is InChI=1S/C16H32N4O2S/c1-16(2)13-20(11-12-23(16,21)22)15(17-3)18-9-10-19(4)14-7-5-6-8-14/h14H,5-13H2,1-4H3,(H,17,18). The van der Waals surface area contributed by atoms with Crippen molar-refractivity contribution in [3.8, 4) is 0 Å². The number of nitrogens with one attached hydrogen (secondary N) is 1. The Morgan fingerprint density at radius 2 is 2.00 bits per heavy atom. The minimum absolute atomic E-state index is 0.197. The normalized spacial score (nSPS) is 25.1. The van der Waals surface area contributed by atoms with Gasteiger partial charge in [-0.1, -0.05) is 12.8 Å². The van der Waals surface area contributed by atoms with E-state index in [4.69, 9.17) is 0 Å². The lowest BCUT2D eigenvalue weighted by Gasteiger charge is -2.39. The largest absolute Gasteiger partial charge is 0.355 e. The average Bonchev–Trinajstić information content (AvgIpc) is 3.01. The summed E-state index contributed by atoms with van der Waals surface area (Å²) in [4.78, 5) is 8.83. The molecule has 134 valence electrons. The summed E-state index contributed by atoms with van der Waals surface area (Å²) in [6, 6.07) is 0.720. The summed E-state index contributed by atoms with van der Waals surface area (Å²) in [5.41, 5.74) is 0. The topological polar surface area (TPSA) is 65.0 Å². The van der Waals surface area contributed by atoms with Crippen molar-refractivity contribution in [3.63, 3.8) is 0 Å². The fourth-order valence-corrected chi connectivity index (χ4v) is 4.89. The van der Waals surface area contributed by atoms with Crippen LogP contribution in [0.15, 0.2) is 4.99 Å². The lowest BCUT2D eigenvalue weighted by atomic mass is 10.2. The van der Waals surface area contributed by atoms with E-state index in [0.29, 0.717) is 13.1 Å². The second-order valence-corrected chi connectivity index (χ2v) is 10.1. The summed E-state index contributed by atoms with van der Waals surface area (Å²) < 4.78 is 23.5. The third kappa shape index (κ3) is 4.38. The quantitative estimate of drug-likeness (QED) is 0.607. The van der Waals surface area contributed by atoms with E-state index in [0.717, 1.165) is 25.1 Å². The first-order valence-electron chi connectivity index (χ1n) is 8.65. The monoisotopic (exact) mass is 344 g/mol. The van der Waals surface area contributed by atoms with Crippen molar-refractivity contribution in [1.29, 1.82) is 0 Å². The molecule has 0 bridgehead atoms. The zero-order valence-corrected chi connectivity index (χ0v) is 15.8. The summed E-state index contributed by atoms with van der Waals surface area (Å²) in [5, 5.41) is 3.40. The van der Waals surface area contributed by atoms with Gasteiger partial charge in [0.2, 0.25) is 0 Å². The molecule has 1 heterocycles. The van der Waals surface area contributed by atoms with Crippen LogP contribution in [-0.2, 0) is 9.84 Å². The van der Waals surface area contributed by atoms with E-state index in [2.05, 4.69) is 27.2 Å². The van der Waals surface area contributed by atoms with Crippen molar-refractivity contribution in [2.45, 2.75) is 50.3 Å². The number of sulfone groups is 1. The van der Waals surface area contributed by atoms with Crippen molar-refractivity contribution in [1.82, 2.24) is 15.1 Å². The van der Waals surface area contributed by atoms with E-state index in [1.807, 2.05) is 0 Å². The Kier molecular flexibility index (Phi) is 5.94. The summed E-state index contributed by atoms with van der Waals surface area (Å²) in [5.74, 6) is 1.01. The van der Waals surface area contributed by atoms with Crippen molar-refractivity contribution in [3.05, 3.63) is 0 Å². The van der Waals surface area contributed by atoms with Gasteiger partial charge in [-0.3, -0.25) is 4.99 Å². The van der Waals surface area contributed by atoms with Crippen molar-refractivity contribution >= 4 is 15.8 Å². The van der Waals surface area contributed by atoms with E-state index < -0.39 is 14.6 Å². The summed E-state index contributed by atoms with van der Waals surface area (Å²) >= 11 is 0. The number of rotatable bonds is 4. The molecule has 1 aliphatic heterocycles. The van der Waals surface area contributed by atoms with Gasteiger partial charge >= 0.3 is 0 Å². The molecule has 6 nitrogen and oxygen atoms in total. The first-order chi connectivity index (χ1) is 10.8. The number of hydrogen-bond donors (Lipinski definition) is 1. The molecular weight excluding hydrogens is 312 g/mol. The van der Waals surface area contributed by atoms with Gasteiger partial charge in [0, 0.05) is 39.3 Å². The first-order valence-corrected chi connectivity index (χ1v) is 10.3. The molecule has 1 saturated heterocycles. The van der Waals surface area contributed by atoms with Gasteiger partial charge < -0.3 is 15.1 Å². The minimum Gasteiger partial charge on any atom is -0.355 e. The maximum atomic E-state index is 12.1. The summed E-state index contributed by atoms with van der Waals surface area (Å²) in [7, 11) is 0.941. The smallest absolute Gasteiger partial charge is 0.193 e. The van der Waals surface area contributed by atoms with E-state index >= 15 is 0 Å². The maximum absolute atomic E-state index is 12.1. The molecule has 0 spiro atoms. The van der Waals surface area contributed by atoms with Crippen molar-refractivity contribution in [2.75, 3.05) is 46.0 Å². The van der Waals surface area contributed by atoms with Crippen LogP contribution in [0.25, 0.3) is 0 Å². The van der Waals surface area contributed by atoms with Crippen LogP contribution in [0.2, 0.25) is 0 Å². The zero-order chi connectivity index (χ0) is 17.1. The Morgan fingerprint density at radius 1 is 1.35 bits per heavy atom. The lowest BCUT2D eigenvalue weighted by molar-refractivity contribution is 0.247. The van der Waals surface area contributed by atoms with Crippen LogP contribution in [0.1, 0.15) is 39.5 Å². The van der Waals surface area contributed by atoms with Crippen LogP contribution < -0.4 is 5.32 Å². The Morgan fingerprint density at radius 3 is 2.57 bits per heavy atom. The van der Waals surface area contributed by atoms with Gasteiger partial charge in [0.25, 0.3) is 0 Å². The van der Waals surface area contributed by atoms with Crippen LogP contribution in [0.3, 0.4) is 0 Å². The van der Waals surface area contributed by atoms with Crippen LogP contribution >= 0.6 is 0 Å². The van der Waals surface area contributed by atoms with Crippen LogP contribution in [0.4, 0.5) is 0 Å². The Labute approximate surface area is 141 Å². The van der Waals surface area contributed by atoms with Crippen molar-refractivity contribution < 1.29 is 8.42 Å². The number of aliphatic imine (C=N–C) groups is 1. The third-order valence-corrected chi connectivity index (χ3v) is 7.78. The third-order valence-electron chi connectivity index (χ3n) is 5.25. The number of likely N-dealkylation sites (N-methyl/N-ethyl adjacent to an activating group) is 1. The van der Waals surface area contributed by atoms with Gasteiger partial charge in [0.1, 0.15) is 0 Å². The fraction of sp³-hybridized carbons (Fsp3) is 0.938. The van der Waals surface area contributed by atoms with Gasteiger partial charge in [0.15, 0.2) is 15.8 Å². The highest BCUT2D eigenvalue weighted by molar-refractivity contribution is 7.92. The number of nitrogens with zero attached hydrogens (tertiary/aromatic N) is 3. The minimum atomic E-state index is -3.01. The molecule has 2 aliphatic rings. The number of guanidine groups is 1. The van der Waals surface area contributed by atoms with Crippen LogP contribution in [0.5, 0.6) is 0 Å². The Hall–Kier alpha value is -0.820. The van der Waals surface area contributed by atoms with Crippen molar-refractivity contribution in [2.24, 2.45) is 4.99 Å². The summed E-state index contributed by atoms with van der Waals surface area (Å²) in [6.45, 7) is 6.44. The Balaban J connectivity index is 1.84. The molecule has 0 unspecified atom stereocenters. The fourth-order valence-electron chi connectivity index (χ4n) is 3.53. The highest BCUT2D eigenvalue weighted by Gasteiger charge is 2.40. The first kappa shape index (κ1) is 18.5. The molecule has 0 radical (unpaired) electrons. The van der Waals surface area contributed by atoms with Crippen LogP contribution in [-0.4, -0.2) is 81.0 Å². The lowest BCUT2D eigenvalue weighted by Crippen LogP contribution is -2.57.